The Morgan fingerprint density at radius 2 is 1.72 bits per heavy atom. The van der Waals surface area contributed by atoms with Gasteiger partial charge in [0.2, 0.25) is 0 Å². The number of benzene rings is 2. The van der Waals surface area contributed by atoms with E-state index in [1.807, 2.05) is 30.3 Å². The monoisotopic (exact) mass is 402 g/mol. The van der Waals surface area contributed by atoms with Crippen molar-refractivity contribution in [1.82, 2.24) is 10.2 Å². The summed E-state index contributed by atoms with van der Waals surface area (Å²) in [6.07, 6.45) is 1.59. The first-order chi connectivity index (χ1) is 12.2. The lowest BCUT2D eigenvalue weighted by Crippen LogP contribution is -2.44. The van der Waals surface area contributed by atoms with Gasteiger partial charge in [0.25, 0.3) is 0 Å². The van der Waals surface area contributed by atoms with Crippen molar-refractivity contribution in [3.63, 3.8) is 0 Å². The van der Waals surface area contributed by atoms with Crippen LogP contribution in [0.15, 0.2) is 59.1 Å². The van der Waals surface area contributed by atoms with Gasteiger partial charge in [0.1, 0.15) is 6.61 Å². The Kier molecular flexibility index (Phi) is 6.48. The van der Waals surface area contributed by atoms with E-state index < -0.39 is 0 Å². The van der Waals surface area contributed by atoms with Crippen LogP contribution in [0, 0.1) is 0 Å². The molecule has 0 unspecified atom stereocenters. The van der Waals surface area contributed by atoms with Crippen LogP contribution in [0.5, 0.6) is 0 Å². The van der Waals surface area contributed by atoms with Gasteiger partial charge in [0.05, 0.1) is 0 Å². The molecule has 0 spiro atoms. The fourth-order valence-corrected chi connectivity index (χ4v) is 3.28. The summed E-state index contributed by atoms with van der Waals surface area (Å²) in [4.78, 5) is 14.4. The van der Waals surface area contributed by atoms with Crippen LogP contribution >= 0.6 is 15.9 Å². The van der Waals surface area contributed by atoms with E-state index in [0.29, 0.717) is 6.61 Å². The highest BCUT2D eigenvalue weighted by Gasteiger charge is 2.21. The SMILES string of the molecule is O=C(NC1CCN(Cc2ccc(Br)cc2)CC1)OCc1ccccc1. The van der Waals surface area contributed by atoms with Crippen LogP contribution in [0.3, 0.4) is 0 Å². The highest BCUT2D eigenvalue weighted by molar-refractivity contribution is 9.10. The van der Waals surface area contributed by atoms with Crippen molar-refractivity contribution >= 4 is 22.0 Å². The summed E-state index contributed by atoms with van der Waals surface area (Å²) in [5.41, 5.74) is 2.32. The van der Waals surface area contributed by atoms with E-state index >= 15 is 0 Å². The van der Waals surface area contributed by atoms with Crippen LogP contribution < -0.4 is 5.32 Å². The quantitative estimate of drug-likeness (QED) is 0.808. The number of carbonyl (C=O) groups is 1. The number of rotatable bonds is 5. The van der Waals surface area contributed by atoms with Gasteiger partial charge in [-0.2, -0.15) is 0 Å². The smallest absolute Gasteiger partial charge is 0.407 e. The Morgan fingerprint density at radius 3 is 2.40 bits per heavy atom. The van der Waals surface area contributed by atoms with Gasteiger partial charge in [0.15, 0.2) is 0 Å². The van der Waals surface area contributed by atoms with Crippen molar-refractivity contribution in [2.75, 3.05) is 13.1 Å². The van der Waals surface area contributed by atoms with E-state index in [1.165, 1.54) is 5.56 Å². The van der Waals surface area contributed by atoms with Crippen molar-refractivity contribution in [2.45, 2.75) is 32.0 Å². The second kappa shape index (κ2) is 9.02. The van der Waals surface area contributed by atoms with Gasteiger partial charge in [-0.25, -0.2) is 4.79 Å². The third-order valence-electron chi connectivity index (χ3n) is 4.44. The number of nitrogens with zero attached hydrogens (tertiary/aromatic N) is 1. The molecule has 5 heteroatoms. The molecule has 0 atom stereocenters. The summed E-state index contributed by atoms with van der Waals surface area (Å²) in [7, 11) is 0. The second-order valence-corrected chi connectivity index (χ2v) is 7.30. The third-order valence-corrected chi connectivity index (χ3v) is 4.97. The zero-order valence-corrected chi connectivity index (χ0v) is 15.7. The fraction of sp³-hybridized carbons (Fsp3) is 0.350. The summed E-state index contributed by atoms with van der Waals surface area (Å²) in [5.74, 6) is 0. The van der Waals surface area contributed by atoms with Crippen LogP contribution in [-0.4, -0.2) is 30.1 Å². The number of hydrogen-bond acceptors (Lipinski definition) is 3. The van der Waals surface area contributed by atoms with Crippen LogP contribution in [0.1, 0.15) is 24.0 Å². The van der Waals surface area contributed by atoms with Crippen LogP contribution in [0.2, 0.25) is 0 Å². The van der Waals surface area contributed by atoms with Gasteiger partial charge in [-0.3, -0.25) is 4.90 Å². The zero-order valence-electron chi connectivity index (χ0n) is 14.2. The first kappa shape index (κ1) is 18.0. The molecule has 0 aliphatic carbocycles. The molecule has 2 aromatic carbocycles. The average molecular weight is 403 g/mol. The molecular weight excluding hydrogens is 380 g/mol. The molecular formula is C20H23BrN2O2. The van der Waals surface area contributed by atoms with Crippen molar-refractivity contribution in [1.29, 1.82) is 0 Å². The minimum Gasteiger partial charge on any atom is -0.445 e. The maximum Gasteiger partial charge on any atom is 0.407 e. The Bertz CT molecular complexity index is 668. The topological polar surface area (TPSA) is 41.6 Å². The number of ether oxygens (including phenoxy) is 1. The molecule has 0 radical (unpaired) electrons. The molecule has 1 fully saturated rings. The van der Waals surface area contributed by atoms with Gasteiger partial charge < -0.3 is 10.1 Å². The van der Waals surface area contributed by atoms with Crippen LogP contribution in [0.4, 0.5) is 4.79 Å². The summed E-state index contributed by atoms with van der Waals surface area (Å²) >= 11 is 3.46. The highest BCUT2D eigenvalue weighted by atomic mass is 79.9. The second-order valence-electron chi connectivity index (χ2n) is 6.38. The maximum absolute atomic E-state index is 11.9. The molecule has 0 saturated carbocycles. The van der Waals surface area contributed by atoms with Crippen molar-refractivity contribution < 1.29 is 9.53 Å². The summed E-state index contributed by atoms with van der Waals surface area (Å²) in [6.45, 7) is 3.24. The number of halogens is 1. The van der Waals surface area contributed by atoms with Crippen molar-refractivity contribution in [3.05, 3.63) is 70.2 Å². The molecule has 0 bridgehead atoms. The van der Waals surface area contributed by atoms with Gasteiger partial charge in [-0.05, 0) is 36.1 Å². The van der Waals surface area contributed by atoms with Crippen molar-refractivity contribution in [2.24, 2.45) is 0 Å². The number of nitrogens with one attached hydrogen (secondary N) is 1. The Balaban J connectivity index is 1.37. The molecule has 3 rings (SSSR count). The number of piperidine rings is 1. The minimum absolute atomic E-state index is 0.199. The summed E-state index contributed by atoms with van der Waals surface area (Å²) in [6, 6.07) is 18.4. The highest BCUT2D eigenvalue weighted by Crippen LogP contribution is 2.16. The molecule has 1 aliphatic rings. The summed E-state index contributed by atoms with van der Waals surface area (Å²) in [5, 5.41) is 2.99. The lowest BCUT2D eigenvalue weighted by atomic mass is 10.0. The van der Waals surface area contributed by atoms with Crippen LogP contribution in [0.25, 0.3) is 0 Å². The van der Waals surface area contributed by atoms with E-state index in [-0.39, 0.29) is 12.1 Å². The average Bonchev–Trinajstić information content (AvgIpc) is 2.64. The molecule has 1 aliphatic heterocycles. The number of alkyl carbamates (subject to hydrolysis) is 1. The van der Waals surface area contributed by atoms with Gasteiger partial charge in [-0.1, -0.05) is 58.4 Å². The molecule has 4 nitrogen and oxygen atoms in total. The lowest BCUT2D eigenvalue weighted by Gasteiger charge is -2.32. The minimum atomic E-state index is -0.324. The molecule has 1 saturated heterocycles. The molecule has 132 valence electrons. The number of hydrogen-bond donors (Lipinski definition) is 1. The molecule has 25 heavy (non-hydrogen) atoms. The van der Waals surface area contributed by atoms with Crippen molar-refractivity contribution in [3.8, 4) is 0 Å². The van der Waals surface area contributed by atoms with Gasteiger partial charge in [0, 0.05) is 30.1 Å². The molecule has 0 aromatic heterocycles. The fourth-order valence-electron chi connectivity index (χ4n) is 3.01. The number of carbonyl (C=O) groups excluding carboxylic acids is 1. The standard InChI is InChI=1S/C20H23BrN2O2/c21-18-8-6-16(7-9-18)14-23-12-10-19(11-13-23)22-20(24)25-15-17-4-2-1-3-5-17/h1-9,19H,10-15H2,(H,22,24). The van der Waals surface area contributed by atoms with E-state index in [4.69, 9.17) is 4.74 Å². The number of likely N-dealkylation sites (tertiary alicyclic amines) is 1. The van der Waals surface area contributed by atoms with E-state index in [1.54, 1.807) is 0 Å². The molecule has 1 N–H and O–H groups in total. The maximum atomic E-state index is 11.9. The Labute approximate surface area is 157 Å². The lowest BCUT2D eigenvalue weighted by molar-refractivity contribution is 0.125. The third kappa shape index (κ3) is 5.87. The van der Waals surface area contributed by atoms with Gasteiger partial charge in [-0.15, -0.1) is 0 Å². The zero-order chi connectivity index (χ0) is 17.5. The normalized spacial score (nSPS) is 15.7. The van der Waals surface area contributed by atoms with Crippen LogP contribution in [-0.2, 0) is 17.9 Å². The molecule has 1 heterocycles. The summed E-state index contributed by atoms with van der Waals surface area (Å²) < 4.78 is 6.40. The Hall–Kier alpha value is -1.85. The predicted molar refractivity (Wildman–Crippen MR) is 102 cm³/mol. The molecule has 1 amide bonds. The first-order valence-corrected chi connectivity index (χ1v) is 9.42. The largest absolute Gasteiger partial charge is 0.445 e. The van der Waals surface area contributed by atoms with Gasteiger partial charge >= 0.3 is 6.09 Å². The van der Waals surface area contributed by atoms with E-state index in [0.717, 1.165) is 42.5 Å². The van der Waals surface area contributed by atoms with E-state index in [9.17, 15) is 4.79 Å². The Morgan fingerprint density at radius 1 is 1.04 bits per heavy atom. The van der Waals surface area contributed by atoms with E-state index in [2.05, 4.69) is 50.4 Å². The first-order valence-electron chi connectivity index (χ1n) is 8.63. The molecule has 2 aromatic rings. The predicted octanol–water partition coefficient (Wildman–Crippen LogP) is 4.34. The number of amides is 1.